The minimum atomic E-state index is -3.93. The molecule has 1 atom stereocenters. The zero-order valence-corrected chi connectivity index (χ0v) is 12.9. The quantitative estimate of drug-likeness (QED) is 0.765. The zero-order valence-electron chi connectivity index (χ0n) is 10.5. The van der Waals surface area contributed by atoms with Crippen LogP contribution in [0.5, 0.6) is 0 Å². The highest BCUT2D eigenvalue weighted by molar-refractivity contribution is 7.90. The second kappa shape index (κ2) is 5.96. The van der Waals surface area contributed by atoms with Crippen LogP contribution in [0.1, 0.15) is 6.42 Å². The normalized spacial score (nSPS) is 20.6. The fourth-order valence-corrected chi connectivity index (χ4v) is 4.13. The van der Waals surface area contributed by atoms with E-state index in [9.17, 15) is 16.8 Å². The van der Waals surface area contributed by atoms with Crippen molar-refractivity contribution in [2.75, 3.05) is 13.1 Å². The molecule has 1 fully saturated rings. The van der Waals surface area contributed by atoms with Crippen molar-refractivity contribution in [3.63, 3.8) is 0 Å². The Balaban J connectivity index is 0.00000200. The molecule has 0 aliphatic carbocycles. The Morgan fingerprint density at radius 1 is 1.15 bits per heavy atom. The van der Waals surface area contributed by atoms with Crippen molar-refractivity contribution in [2.24, 2.45) is 10.9 Å². The fourth-order valence-electron chi connectivity index (χ4n) is 1.93. The third-order valence-electron chi connectivity index (χ3n) is 2.96. The minimum Gasteiger partial charge on any atom is -0.326 e. The van der Waals surface area contributed by atoms with E-state index in [0.29, 0.717) is 13.0 Å². The lowest BCUT2D eigenvalue weighted by Gasteiger charge is -2.16. The molecular weight excluding hydrogens is 326 g/mol. The van der Waals surface area contributed by atoms with Gasteiger partial charge in [0.05, 0.1) is 9.79 Å². The van der Waals surface area contributed by atoms with Crippen LogP contribution >= 0.6 is 12.4 Å². The van der Waals surface area contributed by atoms with E-state index in [2.05, 4.69) is 0 Å². The molecule has 1 aliphatic heterocycles. The van der Waals surface area contributed by atoms with Crippen molar-refractivity contribution in [2.45, 2.75) is 22.3 Å². The van der Waals surface area contributed by atoms with Crippen molar-refractivity contribution in [1.29, 1.82) is 0 Å². The van der Waals surface area contributed by atoms with Crippen LogP contribution in [-0.2, 0) is 20.0 Å². The van der Waals surface area contributed by atoms with Crippen LogP contribution in [0.3, 0.4) is 0 Å². The number of nitrogens with two attached hydrogens (primary N) is 2. The first-order valence-electron chi connectivity index (χ1n) is 5.60. The van der Waals surface area contributed by atoms with E-state index in [1.807, 2.05) is 0 Å². The standard InChI is InChI=1S/C10H15N3O4S2.ClH/c11-8-4-5-13(7-8)19(16,17)10-3-1-2-9(6-10)18(12,14)15;/h1-3,6,8H,4-5,7,11H2,(H2,12,14,15);1H/t8-;/m0./s1. The Labute approximate surface area is 124 Å². The summed E-state index contributed by atoms with van der Waals surface area (Å²) in [4.78, 5) is -0.315. The number of halogens is 1. The zero-order chi connectivity index (χ0) is 14.3. The average Bonchev–Trinajstić information content (AvgIpc) is 2.76. The van der Waals surface area contributed by atoms with Gasteiger partial charge in [-0.1, -0.05) is 6.07 Å². The van der Waals surface area contributed by atoms with Gasteiger partial charge in [-0.05, 0) is 24.6 Å². The minimum absolute atomic E-state index is 0. The van der Waals surface area contributed by atoms with Crippen LogP contribution in [0.4, 0.5) is 0 Å². The molecule has 0 amide bonds. The summed E-state index contributed by atoms with van der Waals surface area (Å²) in [6.07, 6.45) is 0.591. The van der Waals surface area contributed by atoms with Crippen molar-refractivity contribution in [3.05, 3.63) is 24.3 Å². The average molecular weight is 342 g/mol. The third-order valence-corrected chi connectivity index (χ3v) is 5.73. The third kappa shape index (κ3) is 3.48. The molecule has 1 heterocycles. The van der Waals surface area contributed by atoms with Gasteiger partial charge in [0.2, 0.25) is 20.0 Å². The molecule has 1 aromatic rings. The van der Waals surface area contributed by atoms with Gasteiger partial charge in [-0.25, -0.2) is 22.0 Å². The molecule has 1 aliphatic rings. The Kier molecular flexibility index (Phi) is 5.17. The molecule has 0 saturated carbocycles. The molecule has 0 bridgehead atoms. The second-order valence-electron chi connectivity index (χ2n) is 4.43. The number of primary sulfonamides is 1. The highest BCUT2D eigenvalue weighted by Gasteiger charge is 2.31. The van der Waals surface area contributed by atoms with Gasteiger partial charge >= 0.3 is 0 Å². The van der Waals surface area contributed by atoms with Gasteiger partial charge in [-0.2, -0.15) is 4.31 Å². The maximum atomic E-state index is 12.3. The van der Waals surface area contributed by atoms with Crippen LogP contribution in [0.25, 0.3) is 0 Å². The van der Waals surface area contributed by atoms with Crippen molar-refractivity contribution < 1.29 is 16.8 Å². The number of hydrogen-bond acceptors (Lipinski definition) is 5. The van der Waals surface area contributed by atoms with E-state index in [-0.39, 0.29) is 34.8 Å². The first kappa shape index (κ1) is 17.3. The van der Waals surface area contributed by atoms with E-state index in [4.69, 9.17) is 10.9 Å². The first-order chi connectivity index (χ1) is 8.71. The Morgan fingerprint density at radius 2 is 1.75 bits per heavy atom. The molecule has 0 aromatic heterocycles. The number of benzene rings is 1. The van der Waals surface area contributed by atoms with E-state index < -0.39 is 20.0 Å². The second-order valence-corrected chi connectivity index (χ2v) is 7.93. The highest BCUT2D eigenvalue weighted by Crippen LogP contribution is 2.22. The maximum absolute atomic E-state index is 12.3. The molecule has 4 N–H and O–H groups in total. The summed E-state index contributed by atoms with van der Waals surface area (Å²) in [6, 6.07) is 4.82. The summed E-state index contributed by atoms with van der Waals surface area (Å²) in [6.45, 7) is 0.574. The number of nitrogens with zero attached hydrogens (tertiary/aromatic N) is 1. The Morgan fingerprint density at radius 3 is 2.25 bits per heavy atom. The first-order valence-corrected chi connectivity index (χ1v) is 8.58. The highest BCUT2D eigenvalue weighted by atomic mass is 35.5. The van der Waals surface area contributed by atoms with Gasteiger partial charge in [0.25, 0.3) is 0 Å². The Bertz CT molecular complexity index is 690. The molecule has 2 rings (SSSR count). The molecule has 1 saturated heterocycles. The summed E-state index contributed by atoms with van der Waals surface area (Å²) in [7, 11) is -7.65. The van der Waals surface area contributed by atoms with Gasteiger partial charge in [-0.3, -0.25) is 0 Å². The molecule has 20 heavy (non-hydrogen) atoms. The topological polar surface area (TPSA) is 124 Å². The summed E-state index contributed by atoms with van der Waals surface area (Å²) in [5.41, 5.74) is 5.68. The van der Waals surface area contributed by atoms with Gasteiger partial charge in [0.1, 0.15) is 0 Å². The lowest BCUT2D eigenvalue weighted by molar-refractivity contribution is 0.472. The summed E-state index contributed by atoms with van der Waals surface area (Å²) in [5.74, 6) is 0. The van der Waals surface area contributed by atoms with Crippen LogP contribution < -0.4 is 10.9 Å². The molecule has 0 spiro atoms. The van der Waals surface area contributed by atoms with Crippen LogP contribution in [0.2, 0.25) is 0 Å². The molecule has 7 nitrogen and oxygen atoms in total. The number of hydrogen-bond donors (Lipinski definition) is 2. The predicted molar refractivity (Wildman–Crippen MR) is 76.4 cm³/mol. The molecule has 0 radical (unpaired) electrons. The van der Waals surface area contributed by atoms with Crippen LogP contribution in [-0.4, -0.2) is 40.3 Å². The summed E-state index contributed by atoms with van der Waals surface area (Å²) < 4.78 is 48.3. The SMILES string of the molecule is Cl.N[C@H]1CCN(S(=O)(=O)c2cccc(S(N)(=O)=O)c2)C1. The number of rotatable bonds is 3. The molecule has 10 heteroatoms. The van der Waals surface area contributed by atoms with E-state index in [1.165, 1.54) is 22.5 Å². The van der Waals surface area contributed by atoms with Gasteiger partial charge in [-0.15, -0.1) is 12.4 Å². The maximum Gasteiger partial charge on any atom is 0.243 e. The van der Waals surface area contributed by atoms with E-state index >= 15 is 0 Å². The molecular formula is C10H16ClN3O4S2. The number of sulfonamides is 2. The monoisotopic (exact) mass is 341 g/mol. The van der Waals surface area contributed by atoms with E-state index in [0.717, 1.165) is 6.07 Å². The largest absolute Gasteiger partial charge is 0.326 e. The Hall–Kier alpha value is -0.710. The van der Waals surface area contributed by atoms with Gasteiger partial charge in [0, 0.05) is 19.1 Å². The van der Waals surface area contributed by atoms with Crippen molar-refractivity contribution >= 4 is 32.5 Å². The lowest BCUT2D eigenvalue weighted by Crippen LogP contribution is -2.32. The van der Waals surface area contributed by atoms with Crippen molar-refractivity contribution in [3.8, 4) is 0 Å². The lowest BCUT2D eigenvalue weighted by atomic mass is 10.3. The smallest absolute Gasteiger partial charge is 0.243 e. The van der Waals surface area contributed by atoms with Crippen LogP contribution in [0, 0.1) is 0 Å². The molecule has 114 valence electrons. The van der Waals surface area contributed by atoms with Crippen molar-refractivity contribution in [1.82, 2.24) is 4.31 Å². The molecule has 1 aromatic carbocycles. The summed E-state index contributed by atoms with van der Waals surface area (Å²) in [5, 5.41) is 4.99. The molecule has 0 unspecified atom stereocenters. The van der Waals surface area contributed by atoms with E-state index in [1.54, 1.807) is 0 Å². The van der Waals surface area contributed by atoms with Gasteiger partial charge < -0.3 is 5.73 Å². The summed E-state index contributed by atoms with van der Waals surface area (Å²) >= 11 is 0. The van der Waals surface area contributed by atoms with Crippen LogP contribution in [0.15, 0.2) is 34.1 Å². The van der Waals surface area contributed by atoms with Gasteiger partial charge in [0.15, 0.2) is 0 Å². The predicted octanol–water partition coefficient (Wildman–Crippen LogP) is -0.522. The fraction of sp³-hybridized carbons (Fsp3) is 0.400.